The first-order chi connectivity index (χ1) is 9.26. The molecule has 1 rings (SSSR count). The second kappa shape index (κ2) is 9.42. The molecule has 3 heteroatoms. The molecule has 0 spiro atoms. The van der Waals surface area contributed by atoms with Gasteiger partial charge in [-0.1, -0.05) is 45.2 Å². The molecule has 2 amide bonds. The first-order valence-corrected chi connectivity index (χ1v) is 7.40. The normalized spacial score (nSPS) is 10.2. The maximum Gasteiger partial charge on any atom is 0.319 e. The third-order valence-corrected chi connectivity index (χ3v) is 3.10. The van der Waals surface area contributed by atoms with Crippen molar-refractivity contribution in [2.24, 2.45) is 0 Å². The summed E-state index contributed by atoms with van der Waals surface area (Å²) in [6.45, 7) is 5.09. The van der Waals surface area contributed by atoms with E-state index in [1.165, 1.54) is 24.8 Å². The van der Waals surface area contributed by atoms with Gasteiger partial charge in [0.05, 0.1) is 0 Å². The number of benzene rings is 1. The summed E-state index contributed by atoms with van der Waals surface area (Å²) < 4.78 is 0. The molecular weight excluding hydrogens is 236 g/mol. The van der Waals surface area contributed by atoms with Crippen molar-refractivity contribution in [3.8, 4) is 0 Å². The van der Waals surface area contributed by atoms with Crippen molar-refractivity contribution in [1.82, 2.24) is 5.32 Å². The van der Waals surface area contributed by atoms with Crippen molar-refractivity contribution in [1.29, 1.82) is 0 Å². The number of carbonyl (C=O) groups is 1. The van der Waals surface area contributed by atoms with Crippen molar-refractivity contribution >= 4 is 11.7 Å². The van der Waals surface area contributed by atoms with Crippen LogP contribution in [0.5, 0.6) is 0 Å². The highest BCUT2D eigenvalue weighted by atomic mass is 16.2. The highest BCUT2D eigenvalue weighted by Crippen LogP contribution is 2.11. The van der Waals surface area contributed by atoms with Gasteiger partial charge in [-0.25, -0.2) is 4.79 Å². The van der Waals surface area contributed by atoms with Gasteiger partial charge in [0.15, 0.2) is 0 Å². The minimum absolute atomic E-state index is 0.114. The van der Waals surface area contributed by atoms with Gasteiger partial charge in [0, 0.05) is 12.2 Å². The summed E-state index contributed by atoms with van der Waals surface area (Å²) in [6.07, 6.45) is 6.90. The van der Waals surface area contributed by atoms with Crippen LogP contribution in [0, 0.1) is 0 Å². The van der Waals surface area contributed by atoms with Crippen LogP contribution in [-0.2, 0) is 6.42 Å². The molecule has 0 unspecified atom stereocenters. The summed E-state index contributed by atoms with van der Waals surface area (Å²) in [5.74, 6) is 0. The number of nitrogens with one attached hydrogen (secondary N) is 2. The van der Waals surface area contributed by atoms with Crippen LogP contribution in [0.15, 0.2) is 24.3 Å². The molecule has 0 saturated carbocycles. The number of carbonyl (C=O) groups excluding carboxylic acids is 1. The van der Waals surface area contributed by atoms with Crippen molar-refractivity contribution in [3.63, 3.8) is 0 Å². The lowest BCUT2D eigenvalue weighted by atomic mass is 10.1. The summed E-state index contributed by atoms with van der Waals surface area (Å²) in [7, 11) is 0. The maximum absolute atomic E-state index is 11.6. The molecule has 0 saturated heterocycles. The van der Waals surface area contributed by atoms with Crippen molar-refractivity contribution in [2.45, 2.75) is 52.4 Å². The zero-order valence-electron chi connectivity index (χ0n) is 12.2. The summed E-state index contributed by atoms with van der Waals surface area (Å²) in [6, 6.07) is 8.00. The highest BCUT2D eigenvalue weighted by molar-refractivity contribution is 5.89. The van der Waals surface area contributed by atoms with Crippen LogP contribution in [0.1, 0.15) is 51.5 Å². The Labute approximate surface area is 116 Å². The van der Waals surface area contributed by atoms with Crippen molar-refractivity contribution in [2.75, 3.05) is 11.9 Å². The Kier molecular flexibility index (Phi) is 7.71. The van der Waals surface area contributed by atoms with Gasteiger partial charge < -0.3 is 10.6 Å². The van der Waals surface area contributed by atoms with E-state index in [1.54, 1.807) is 0 Å². The molecule has 0 radical (unpaired) electrons. The molecule has 2 N–H and O–H groups in total. The zero-order valence-corrected chi connectivity index (χ0v) is 12.2. The molecule has 19 heavy (non-hydrogen) atoms. The number of rotatable bonds is 8. The van der Waals surface area contributed by atoms with Crippen LogP contribution in [-0.4, -0.2) is 12.6 Å². The molecular formula is C16H26N2O. The topological polar surface area (TPSA) is 41.1 Å². The van der Waals surface area contributed by atoms with Gasteiger partial charge in [0.25, 0.3) is 0 Å². The maximum atomic E-state index is 11.6. The Bertz CT molecular complexity index is 360. The van der Waals surface area contributed by atoms with E-state index < -0.39 is 0 Å². The Morgan fingerprint density at radius 2 is 1.68 bits per heavy atom. The smallest absolute Gasteiger partial charge is 0.319 e. The minimum atomic E-state index is -0.114. The molecule has 0 aliphatic carbocycles. The minimum Gasteiger partial charge on any atom is -0.338 e. The van der Waals surface area contributed by atoms with Crippen LogP contribution in [0.2, 0.25) is 0 Å². The lowest BCUT2D eigenvalue weighted by Gasteiger charge is -2.08. The van der Waals surface area contributed by atoms with Gasteiger partial charge in [-0.3, -0.25) is 0 Å². The second-order valence-electron chi connectivity index (χ2n) is 4.89. The molecule has 0 atom stereocenters. The van der Waals surface area contributed by atoms with Gasteiger partial charge in [-0.2, -0.15) is 0 Å². The van der Waals surface area contributed by atoms with Crippen LogP contribution < -0.4 is 10.6 Å². The van der Waals surface area contributed by atoms with E-state index in [1.807, 2.05) is 12.1 Å². The molecule has 0 bridgehead atoms. The Morgan fingerprint density at radius 1 is 1.00 bits per heavy atom. The molecule has 1 aromatic rings. The first-order valence-electron chi connectivity index (χ1n) is 7.40. The van der Waals surface area contributed by atoms with E-state index >= 15 is 0 Å². The Hall–Kier alpha value is -1.51. The Balaban J connectivity index is 2.29. The molecule has 0 fully saturated rings. The lowest BCUT2D eigenvalue weighted by Crippen LogP contribution is -2.29. The average Bonchev–Trinajstić information content (AvgIpc) is 2.43. The SMILES string of the molecule is CCCCCNC(=O)Nc1ccc(CCCC)cc1. The predicted octanol–water partition coefficient (Wildman–Crippen LogP) is 4.34. The fourth-order valence-corrected chi connectivity index (χ4v) is 1.89. The third-order valence-electron chi connectivity index (χ3n) is 3.10. The van der Waals surface area contributed by atoms with Crippen LogP contribution in [0.3, 0.4) is 0 Å². The van der Waals surface area contributed by atoms with Gasteiger partial charge in [0.1, 0.15) is 0 Å². The van der Waals surface area contributed by atoms with E-state index in [9.17, 15) is 4.79 Å². The third kappa shape index (κ3) is 6.85. The van der Waals surface area contributed by atoms with E-state index in [2.05, 4.69) is 36.6 Å². The monoisotopic (exact) mass is 262 g/mol. The molecule has 106 valence electrons. The number of aryl methyl sites for hydroxylation is 1. The van der Waals surface area contributed by atoms with E-state index in [0.717, 1.165) is 31.5 Å². The summed E-state index contributed by atoms with van der Waals surface area (Å²) in [4.78, 5) is 11.6. The highest BCUT2D eigenvalue weighted by Gasteiger charge is 2.00. The quantitative estimate of drug-likeness (QED) is 0.672. The van der Waals surface area contributed by atoms with E-state index in [-0.39, 0.29) is 6.03 Å². The average molecular weight is 262 g/mol. The summed E-state index contributed by atoms with van der Waals surface area (Å²) in [5, 5.41) is 5.72. The number of anilines is 1. The van der Waals surface area contributed by atoms with Crippen molar-refractivity contribution < 1.29 is 4.79 Å². The number of amides is 2. The number of hydrogen-bond acceptors (Lipinski definition) is 1. The summed E-state index contributed by atoms with van der Waals surface area (Å²) in [5.41, 5.74) is 2.18. The number of unbranched alkanes of at least 4 members (excludes halogenated alkanes) is 3. The van der Waals surface area contributed by atoms with Crippen LogP contribution in [0.25, 0.3) is 0 Å². The van der Waals surface area contributed by atoms with E-state index in [0.29, 0.717) is 0 Å². The molecule has 3 nitrogen and oxygen atoms in total. The number of hydrogen-bond donors (Lipinski definition) is 2. The van der Waals surface area contributed by atoms with Gasteiger partial charge in [-0.15, -0.1) is 0 Å². The molecule has 1 aromatic carbocycles. The van der Waals surface area contributed by atoms with E-state index in [4.69, 9.17) is 0 Å². The number of urea groups is 1. The Morgan fingerprint density at radius 3 is 2.32 bits per heavy atom. The van der Waals surface area contributed by atoms with Crippen LogP contribution >= 0.6 is 0 Å². The predicted molar refractivity (Wildman–Crippen MR) is 81.6 cm³/mol. The van der Waals surface area contributed by atoms with Gasteiger partial charge in [0.2, 0.25) is 0 Å². The van der Waals surface area contributed by atoms with Crippen molar-refractivity contribution in [3.05, 3.63) is 29.8 Å². The largest absolute Gasteiger partial charge is 0.338 e. The standard InChI is InChI=1S/C16H26N2O/c1-3-5-7-13-17-16(19)18-15-11-9-14(10-12-15)8-6-4-2/h9-12H,3-8,13H2,1-2H3,(H2,17,18,19). The van der Waals surface area contributed by atoms with Gasteiger partial charge in [-0.05, 0) is 37.0 Å². The molecule has 0 aromatic heterocycles. The molecule has 0 heterocycles. The zero-order chi connectivity index (χ0) is 13.9. The molecule has 0 aliphatic heterocycles. The lowest BCUT2D eigenvalue weighted by molar-refractivity contribution is 0.252. The summed E-state index contributed by atoms with van der Waals surface area (Å²) >= 11 is 0. The van der Waals surface area contributed by atoms with Gasteiger partial charge >= 0.3 is 6.03 Å². The second-order valence-corrected chi connectivity index (χ2v) is 4.89. The molecule has 0 aliphatic rings. The first kappa shape index (κ1) is 15.5. The fourth-order valence-electron chi connectivity index (χ4n) is 1.89. The van der Waals surface area contributed by atoms with Crippen LogP contribution in [0.4, 0.5) is 10.5 Å². The fraction of sp³-hybridized carbons (Fsp3) is 0.562.